The quantitative estimate of drug-likeness (QED) is 0.377. The average molecular weight is 422 g/mol. The second kappa shape index (κ2) is 9.79. The standard InChI is InChI=1S/C19H21ClN4O3S/c20-17-6-5-16(24(25)26)11-18(17)22-19(28)21-12-14-3-1-2-4-15(14)13-23-7-9-27-10-8-23/h1-6,11H,7-10,12-13H2,(H2,21,22,28)/p+1. The number of ether oxygens (including phenoxy) is 1. The largest absolute Gasteiger partial charge is 0.370 e. The highest BCUT2D eigenvalue weighted by Crippen LogP contribution is 2.26. The van der Waals surface area contributed by atoms with Crippen molar-refractivity contribution in [3.63, 3.8) is 0 Å². The first-order chi connectivity index (χ1) is 13.5. The van der Waals surface area contributed by atoms with Gasteiger partial charge in [-0.05, 0) is 23.8 Å². The Morgan fingerprint density at radius 1 is 1.21 bits per heavy atom. The van der Waals surface area contributed by atoms with E-state index in [-0.39, 0.29) is 5.69 Å². The molecule has 0 spiro atoms. The molecular weight excluding hydrogens is 400 g/mol. The normalized spacial score (nSPS) is 14.5. The molecule has 0 aromatic heterocycles. The highest BCUT2D eigenvalue weighted by atomic mass is 35.5. The Balaban J connectivity index is 1.60. The van der Waals surface area contributed by atoms with Crippen molar-refractivity contribution in [2.75, 3.05) is 31.6 Å². The third-order valence-corrected chi connectivity index (χ3v) is 5.18. The third-order valence-electron chi connectivity index (χ3n) is 4.61. The lowest BCUT2D eigenvalue weighted by Crippen LogP contribution is -3.12. The van der Waals surface area contributed by atoms with Crippen LogP contribution in [0.5, 0.6) is 0 Å². The molecule has 7 nitrogen and oxygen atoms in total. The number of nitro benzene ring substituents is 1. The fraction of sp³-hybridized carbons (Fsp3) is 0.316. The Morgan fingerprint density at radius 3 is 2.64 bits per heavy atom. The number of benzene rings is 2. The summed E-state index contributed by atoms with van der Waals surface area (Å²) in [4.78, 5) is 12.0. The van der Waals surface area contributed by atoms with Crippen LogP contribution < -0.4 is 15.5 Å². The van der Waals surface area contributed by atoms with Gasteiger partial charge in [0.05, 0.1) is 28.8 Å². The van der Waals surface area contributed by atoms with Gasteiger partial charge in [0.2, 0.25) is 0 Å². The predicted molar refractivity (Wildman–Crippen MR) is 113 cm³/mol. The van der Waals surface area contributed by atoms with E-state index in [9.17, 15) is 10.1 Å². The number of nitrogens with zero attached hydrogens (tertiary/aromatic N) is 1. The molecule has 0 bridgehead atoms. The minimum Gasteiger partial charge on any atom is -0.370 e. The molecule has 2 aromatic rings. The van der Waals surface area contributed by atoms with Crippen LogP contribution in [-0.4, -0.2) is 36.3 Å². The van der Waals surface area contributed by atoms with Gasteiger partial charge in [0.25, 0.3) is 5.69 Å². The van der Waals surface area contributed by atoms with Crippen LogP contribution in [0.3, 0.4) is 0 Å². The van der Waals surface area contributed by atoms with E-state index < -0.39 is 4.92 Å². The Kier molecular flexibility index (Phi) is 7.16. The first-order valence-electron chi connectivity index (χ1n) is 9.00. The lowest BCUT2D eigenvalue weighted by atomic mass is 10.1. The second-order valence-corrected chi connectivity index (χ2v) is 7.35. The maximum absolute atomic E-state index is 10.9. The first-order valence-corrected chi connectivity index (χ1v) is 9.78. The van der Waals surface area contributed by atoms with Crippen molar-refractivity contribution >= 4 is 40.3 Å². The Hall–Kier alpha value is -2.26. The summed E-state index contributed by atoms with van der Waals surface area (Å²) in [5.41, 5.74) is 2.78. The number of thiocarbonyl (C=S) groups is 1. The number of hydrogen-bond donors (Lipinski definition) is 3. The predicted octanol–water partition coefficient (Wildman–Crippen LogP) is 2.15. The monoisotopic (exact) mass is 421 g/mol. The van der Waals surface area contributed by atoms with Gasteiger partial charge in [-0.3, -0.25) is 10.1 Å². The minimum atomic E-state index is -0.470. The third kappa shape index (κ3) is 5.62. The lowest BCUT2D eigenvalue weighted by molar-refractivity contribution is -0.921. The maximum Gasteiger partial charge on any atom is 0.271 e. The molecule has 0 amide bonds. The van der Waals surface area contributed by atoms with E-state index in [2.05, 4.69) is 22.8 Å². The van der Waals surface area contributed by atoms with Crippen molar-refractivity contribution in [2.45, 2.75) is 13.1 Å². The zero-order chi connectivity index (χ0) is 19.9. The molecule has 1 saturated heterocycles. The molecule has 148 valence electrons. The molecule has 9 heteroatoms. The van der Waals surface area contributed by atoms with Crippen molar-refractivity contribution in [1.82, 2.24) is 5.32 Å². The molecule has 1 fully saturated rings. The van der Waals surface area contributed by atoms with E-state index in [1.165, 1.54) is 28.7 Å². The Bertz CT molecular complexity index is 859. The van der Waals surface area contributed by atoms with Crippen molar-refractivity contribution in [2.24, 2.45) is 0 Å². The maximum atomic E-state index is 10.9. The average Bonchev–Trinajstić information content (AvgIpc) is 2.69. The molecule has 0 aliphatic carbocycles. The summed E-state index contributed by atoms with van der Waals surface area (Å²) in [5, 5.41) is 17.8. The fourth-order valence-electron chi connectivity index (χ4n) is 3.07. The molecule has 0 radical (unpaired) electrons. The van der Waals surface area contributed by atoms with Crippen LogP contribution in [0.1, 0.15) is 11.1 Å². The molecular formula is C19H22ClN4O3S+. The number of quaternary nitrogens is 1. The van der Waals surface area contributed by atoms with Gasteiger partial charge in [0, 0.05) is 24.2 Å². The van der Waals surface area contributed by atoms with Crippen LogP contribution in [0, 0.1) is 10.1 Å². The molecule has 1 aliphatic heterocycles. The Labute approximate surface area is 173 Å². The summed E-state index contributed by atoms with van der Waals surface area (Å²) in [6.45, 7) is 5.11. The summed E-state index contributed by atoms with van der Waals surface area (Å²) in [6, 6.07) is 12.4. The number of halogens is 1. The van der Waals surface area contributed by atoms with Gasteiger partial charge < -0.3 is 20.3 Å². The zero-order valence-electron chi connectivity index (χ0n) is 15.2. The van der Waals surface area contributed by atoms with Crippen molar-refractivity contribution in [3.05, 3.63) is 68.7 Å². The summed E-state index contributed by atoms with van der Waals surface area (Å²) in [6.07, 6.45) is 0. The highest BCUT2D eigenvalue weighted by Gasteiger charge is 2.16. The molecule has 1 aliphatic rings. The molecule has 2 aromatic carbocycles. The van der Waals surface area contributed by atoms with Gasteiger partial charge in [-0.15, -0.1) is 0 Å². The topological polar surface area (TPSA) is 80.9 Å². The van der Waals surface area contributed by atoms with E-state index >= 15 is 0 Å². The van der Waals surface area contributed by atoms with E-state index in [1.807, 2.05) is 12.1 Å². The highest BCUT2D eigenvalue weighted by molar-refractivity contribution is 7.80. The van der Waals surface area contributed by atoms with E-state index in [1.54, 1.807) is 0 Å². The van der Waals surface area contributed by atoms with Crippen molar-refractivity contribution in [3.8, 4) is 0 Å². The second-order valence-electron chi connectivity index (χ2n) is 6.54. The lowest BCUT2D eigenvalue weighted by Gasteiger charge is -2.24. The van der Waals surface area contributed by atoms with Crippen molar-refractivity contribution < 1.29 is 14.6 Å². The van der Waals surface area contributed by atoms with Crippen LogP contribution in [0.4, 0.5) is 11.4 Å². The van der Waals surface area contributed by atoms with Crippen LogP contribution in [0.25, 0.3) is 0 Å². The summed E-state index contributed by atoms with van der Waals surface area (Å²) < 4.78 is 5.42. The molecule has 3 rings (SSSR count). The van der Waals surface area contributed by atoms with Gasteiger partial charge in [0.15, 0.2) is 5.11 Å². The number of anilines is 1. The molecule has 28 heavy (non-hydrogen) atoms. The number of non-ortho nitro benzene ring substituents is 1. The molecule has 0 unspecified atom stereocenters. The first kappa shape index (κ1) is 20.5. The molecule has 0 atom stereocenters. The van der Waals surface area contributed by atoms with Gasteiger partial charge in [0.1, 0.15) is 19.6 Å². The number of rotatable bonds is 6. The van der Waals surface area contributed by atoms with Crippen molar-refractivity contribution in [1.29, 1.82) is 0 Å². The summed E-state index contributed by atoms with van der Waals surface area (Å²) in [5.74, 6) is 0. The van der Waals surface area contributed by atoms with Crippen LogP contribution in [-0.2, 0) is 17.8 Å². The molecule has 1 heterocycles. The minimum absolute atomic E-state index is 0.0477. The van der Waals surface area contributed by atoms with Crippen LogP contribution in [0.2, 0.25) is 5.02 Å². The smallest absolute Gasteiger partial charge is 0.271 e. The summed E-state index contributed by atoms with van der Waals surface area (Å²) in [7, 11) is 0. The number of nitro groups is 1. The Morgan fingerprint density at radius 2 is 1.93 bits per heavy atom. The zero-order valence-corrected chi connectivity index (χ0v) is 16.8. The van der Waals surface area contributed by atoms with Gasteiger partial charge in [-0.1, -0.05) is 35.9 Å². The van der Waals surface area contributed by atoms with Crippen LogP contribution in [0.15, 0.2) is 42.5 Å². The number of nitrogens with one attached hydrogen (secondary N) is 3. The van der Waals surface area contributed by atoms with Gasteiger partial charge in [-0.25, -0.2) is 0 Å². The van der Waals surface area contributed by atoms with Crippen LogP contribution >= 0.6 is 23.8 Å². The van der Waals surface area contributed by atoms with E-state index in [0.29, 0.717) is 22.4 Å². The van der Waals surface area contributed by atoms with Gasteiger partial charge in [-0.2, -0.15) is 0 Å². The fourth-order valence-corrected chi connectivity index (χ4v) is 3.42. The number of hydrogen-bond acceptors (Lipinski definition) is 4. The summed E-state index contributed by atoms with van der Waals surface area (Å²) >= 11 is 11.4. The van der Waals surface area contributed by atoms with Gasteiger partial charge >= 0.3 is 0 Å². The molecule has 0 saturated carbocycles. The molecule has 3 N–H and O–H groups in total. The number of morpholine rings is 1. The van der Waals surface area contributed by atoms with E-state index in [0.717, 1.165) is 38.4 Å². The SMILES string of the molecule is O=[N+]([O-])c1ccc(Cl)c(NC(=S)NCc2ccccc2C[NH+]2CCOCC2)c1. The van der Waals surface area contributed by atoms with E-state index in [4.69, 9.17) is 28.6 Å².